The van der Waals surface area contributed by atoms with E-state index in [2.05, 4.69) is 6.07 Å². The van der Waals surface area contributed by atoms with Gasteiger partial charge in [0.05, 0.1) is 17.6 Å². The van der Waals surface area contributed by atoms with E-state index >= 15 is 0 Å². The van der Waals surface area contributed by atoms with Crippen LogP contribution >= 0.6 is 0 Å². The Labute approximate surface area is 150 Å². The quantitative estimate of drug-likeness (QED) is 0.424. The highest BCUT2D eigenvalue weighted by Crippen LogP contribution is 2.33. The van der Waals surface area contributed by atoms with Gasteiger partial charge in [0.2, 0.25) is 5.91 Å². The predicted octanol–water partition coefficient (Wildman–Crippen LogP) is 4.30. The van der Waals surface area contributed by atoms with E-state index in [-0.39, 0.29) is 17.5 Å². The van der Waals surface area contributed by atoms with Crippen molar-refractivity contribution in [1.82, 2.24) is 4.57 Å². The first-order valence-electron chi connectivity index (χ1n) is 7.93. The Morgan fingerprint density at radius 3 is 2.44 bits per heavy atom. The molecule has 135 valence electrons. The zero-order valence-corrected chi connectivity index (χ0v) is 13.7. The average molecular weight is 371 g/mol. The van der Waals surface area contributed by atoms with E-state index in [4.69, 9.17) is 5.73 Å². The van der Waals surface area contributed by atoms with Crippen LogP contribution in [0.25, 0.3) is 21.8 Å². The molecule has 3 nitrogen and oxygen atoms in total. The molecule has 1 amide bonds. The second-order valence-corrected chi connectivity index (χ2v) is 6.04. The van der Waals surface area contributed by atoms with Crippen LogP contribution in [0.4, 0.5) is 17.6 Å². The third-order valence-electron chi connectivity index (χ3n) is 4.48. The van der Waals surface area contributed by atoms with Gasteiger partial charge in [0.25, 0.3) is 0 Å². The highest BCUT2D eigenvalue weighted by molar-refractivity contribution is 6.17. The first kappa shape index (κ1) is 17.1. The molecule has 0 aliphatic carbocycles. The number of benzene rings is 3. The van der Waals surface area contributed by atoms with Crippen molar-refractivity contribution in [2.45, 2.75) is 6.54 Å². The second kappa shape index (κ2) is 6.12. The second-order valence-electron chi connectivity index (χ2n) is 6.04. The molecule has 1 aromatic heterocycles. The number of rotatable bonds is 3. The van der Waals surface area contributed by atoms with E-state index in [0.717, 1.165) is 12.1 Å². The molecule has 1 radical (unpaired) electrons. The van der Waals surface area contributed by atoms with Gasteiger partial charge in [-0.3, -0.25) is 4.79 Å². The van der Waals surface area contributed by atoms with Gasteiger partial charge in [-0.1, -0.05) is 6.07 Å². The normalized spacial score (nSPS) is 11.4. The number of fused-ring (bicyclic) bond motifs is 3. The van der Waals surface area contributed by atoms with Gasteiger partial charge < -0.3 is 10.3 Å². The van der Waals surface area contributed by atoms with Gasteiger partial charge in [-0.05, 0) is 36.4 Å². The van der Waals surface area contributed by atoms with Crippen LogP contribution in [0.5, 0.6) is 0 Å². The lowest BCUT2D eigenvalue weighted by atomic mass is 10.1. The SMILES string of the molecule is NC(=O)c1cccc2c1c1[c]c(F)ccc1n2Cc1c(F)ccc(F)c1F. The molecule has 1 heterocycles. The summed E-state index contributed by atoms with van der Waals surface area (Å²) in [5.41, 5.74) is 5.83. The van der Waals surface area contributed by atoms with Gasteiger partial charge in [-0.25, -0.2) is 17.6 Å². The lowest BCUT2D eigenvalue weighted by Crippen LogP contribution is -2.11. The number of nitrogens with zero attached hydrogens (tertiary/aromatic N) is 1. The van der Waals surface area contributed by atoms with E-state index in [1.54, 1.807) is 12.1 Å². The van der Waals surface area contributed by atoms with Crippen molar-refractivity contribution >= 4 is 27.7 Å². The summed E-state index contributed by atoms with van der Waals surface area (Å²) in [5, 5.41) is 0.563. The molecule has 0 unspecified atom stereocenters. The van der Waals surface area contributed by atoms with Crippen LogP contribution in [0.1, 0.15) is 15.9 Å². The topological polar surface area (TPSA) is 48.0 Å². The van der Waals surface area contributed by atoms with Crippen molar-refractivity contribution in [1.29, 1.82) is 0 Å². The number of carbonyl (C=O) groups is 1. The molecule has 0 aliphatic rings. The lowest BCUT2D eigenvalue weighted by molar-refractivity contribution is 0.100. The number of hydrogen-bond donors (Lipinski definition) is 1. The van der Waals surface area contributed by atoms with Gasteiger partial charge in [-0.2, -0.15) is 0 Å². The smallest absolute Gasteiger partial charge is 0.249 e. The van der Waals surface area contributed by atoms with Gasteiger partial charge in [0.1, 0.15) is 11.6 Å². The Bertz CT molecular complexity index is 1230. The maximum atomic E-state index is 14.2. The van der Waals surface area contributed by atoms with Crippen LogP contribution < -0.4 is 5.73 Å². The molecule has 4 rings (SSSR count). The van der Waals surface area contributed by atoms with Gasteiger partial charge >= 0.3 is 0 Å². The fourth-order valence-corrected chi connectivity index (χ4v) is 3.28. The Kier molecular flexibility index (Phi) is 3.87. The number of nitrogens with two attached hydrogens (primary N) is 1. The zero-order chi connectivity index (χ0) is 19.3. The summed E-state index contributed by atoms with van der Waals surface area (Å²) >= 11 is 0. The molecule has 2 N–H and O–H groups in total. The Morgan fingerprint density at radius 1 is 0.963 bits per heavy atom. The van der Waals surface area contributed by atoms with Crippen molar-refractivity contribution in [3.05, 3.63) is 82.9 Å². The predicted molar refractivity (Wildman–Crippen MR) is 92.2 cm³/mol. The summed E-state index contributed by atoms with van der Waals surface area (Å²) in [6.07, 6.45) is 0. The molecule has 0 bridgehead atoms. The summed E-state index contributed by atoms with van der Waals surface area (Å²) in [7, 11) is 0. The maximum Gasteiger partial charge on any atom is 0.249 e. The molecule has 0 atom stereocenters. The molecule has 3 aromatic carbocycles. The molecule has 0 aliphatic heterocycles. The van der Waals surface area contributed by atoms with Gasteiger partial charge in [-0.15, -0.1) is 0 Å². The van der Waals surface area contributed by atoms with Crippen LogP contribution in [0.2, 0.25) is 0 Å². The number of hydrogen-bond acceptors (Lipinski definition) is 1. The van der Waals surface area contributed by atoms with Gasteiger partial charge in [0.15, 0.2) is 11.6 Å². The van der Waals surface area contributed by atoms with E-state index in [1.807, 2.05) is 0 Å². The fraction of sp³-hybridized carbons (Fsp3) is 0.0500. The largest absolute Gasteiger partial charge is 0.366 e. The first-order chi connectivity index (χ1) is 12.9. The minimum atomic E-state index is -1.30. The van der Waals surface area contributed by atoms with Crippen LogP contribution in [-0.4, -0.2) is 10.5 Å². The number of amides is 1. The number of halogens is 4. The molecular weight excluding hydrogens is 360 g/mol. The molecule has 0 spiro atoms. The zero-order valence-electron chi connectivity index (χ0n) is 13.7. The molecular formula is C20H11F4N2O. The summed E-state index contributed by atoms with van der Waals surface area (Å²) in [6.45, 7) is -0.364. The van der Waals surface area contributed by atoms with Crippen LogP contribution in [0.15, 0.2) is 42.5 Å². The van der Waals surface area contributed by atoms with E-state index in [1.165, 1.54) is 16.7 Å². The Balaban J connectivity index is 2.08. The third-order valence-corrected chi connectivity index (χ3v) is 4.48. The van der Waals surface area contributed by atoms with Crippen LogP contribution in [0.3, 0.4) is 0 Å². The Hall–Kier alpha value is -3.35. The summed E-state index contributed by atoms with van der Waals surface area (Å²) < 4.78 is 57.1. The maximum absolute atomic E-state index is 14.2. The summed E-state index contributed by atoms with van der Waals surface area (Å²) in [4.78, 5) is 11.8. The van der Waals surface area contributed by atoms with E-state index in [0.29, 0.717) is 22.5 Å². The number of carbonyl (C=O) groups excluding carboxylic acids is 1. The van der Waals surface area contributed by atoms with Crippen molar-refractivity contribution in [3.63, 3.8) is 0 Å². The third kappa shape index (κ3) is 2.63. The van der Waals surface area contributed by atoms with E-state index in [9.17, 15) is 22.4 Å². The number of aromatic nitrogens is 1. The average Bonchev–Trinajstić information content (AvgIpc) is 2.95. The molecule has 27 heavy (non-hydrogen) atoms. The van der Waals surface area contributed by atoms with Crippen molar-refractivity contribution < 1.29 is 22.4 Å². The Morgan fingerprint density at radius 2 is 1.70 bits per heavy atom. The van der Waals surface area contributed by atoms with Crippen molar-refractivity contribution in [2.75, 3.05) is 0 Å². The molecule has 4 aromatic rings. The first-order valence-corrected chi connectivity index (χ1v) is 7.93. The highest BCUT2D eigenvalue weighted by Gasteiger charge is 2.20. The van der Waals surface area contributed by atoms with Crippen LogP contribution in [0, 0.1) is 29.3 Å². The van der Waals surface area contributed by atoms with Gasteiger partial charge in [0, 0.05) is 28.0 Å². The number of primary amides is 1. The van der Waals surface area contributed by atoms with Crippen molar-refractivity contribution in [2.24, 2.45) is 5.73 Å². The lowest BCUT2D eigenvalue weighted by Gasteiger charge is -2.10. The fourth-order valence-electron chi connectivity index (χ4n) is 3.28. The molecule has 0 saturated carbocycles. The van der Waals surface area contributed by atoms with Crippen molar-refractivity contribution in [3.8, 4) is 0 Å². The monoisotopic (exact) mass is 371 g/mol. The van der Waals surface area contributed by atoms with E-state index < -0.39 is 34.7 Å². The molecule has 7 heteroatoms. The van der Waals surface area contributed by atoms with Crippen LogP contribution in [-0.2, 0) is 6.54 Å². The summed E-state index contributed by atoms with van der Waals surface area (Å²) in [6, 6.07) is 11.2. The summed E-state index contributed by atoms with van der Waals surface area (Å²) in [5.74, 6) is -4.80. The highest BCUT2D eigenvalue weighted by atomic mass is 19.2. The minimum absolute atomic E-state index is 0.123. The minimum Gasteiger partial charge on any atom is -0.366 e. The molecule has 0 saturated heterocycles. The molecule has 0 fully saturated rings. The standard InChI is InChI=1S/C20H11F4N2O/c21-10-4-7-16-12(8-10)18-11(20(25)27)2-1-3-17(18)26(16)9-13-14(22)5-6-15(23)19(13)24/h1-7H,9H2,(H2,25,27).